The lowest BCUT2D eigenvalue weighted by Gasteiger charge is -1.87. The highest BCUT2D eigenvalue weighted by Gasteiger charge is 1.97. The number of imidazole rings is 1. The van der Waals surface area contributed by atoms with Crippen LogP contribution < -0.4 is 4.57 Å². The van der Waals surface area contributed by atoms with Crippen LogP contribution in [0.2, 0.25) is 0 Å². The first kappa shape index (κ1) is 9.04. The lowest BCUT2D eigenvalue weighted by molar-refractivity contribution is -0.696. The van der Waals surface area contributed by atoms with Gasteiger partial charge in [0.1, 0.15) is 12.4 Å². The molecule has 1 aromatic rings. The fraction of sp³-hybridized carbons (Fsp3) is 0.500. The van der Waals surface area contributed by atoms with E-state index in [4.69, 9.17) is 0 Å². The molecule has 0 aliphatic heterocycles. The van der Waals surface area contributed by atoms with Gasteiger partial charge in [-0.05, 0) is 18.9 Å². The fourth-order valence-corrected chi connectivity index (χ4v) is 1.12. The van der Waals surface area contributed by atoms with Crippen molar-refractivity contribution in [2.75, 3.05) is 0 Å². The van der Waals surface area contributed by atoms with Crippen molar-refractivity contribution < 1.29 is 4.57 Å². The zero-order chi connectivity index (χ0) is 8.81. The Hall–Kier alpha value is -1.05. The first-order valence-electron chi connectivity index (χ1n) is 4.60. The summed E-state index contributed by atoms with van der Waals surface area (Å²) in [4.78, 5) is 0. The number of aromatic nitrogens is 2. The lowest BCUT2D eigenvalue weighted by Crippen LogP contribution is -2.30. The molecule has 1 aromatic heterocycles. The van der Waals surface area contributed by atoms with Gasteiger partial charge in [0.15, 0.2) is 0 Å². The maximum Gasteiger partial charge on any atom is 0.248 e. The molecule has 2 nitrogen and oxygen atoms in total. The number of aryl methyl sites for hydroxylation is 1. The smallest absolute Gasteiger partial charge is 0.236 e. The molecule has 0 aliphatic rings. The molecule has 0 aliphatic carbocycles. The van der Waals surface area contributed by atoms with E-state index in [9.17, 15) is 0 Å². The third kappa shape index (κ3) is 2.53. The van der Waals surface area contributed by atoms with Crippen molar-refractivity contribution in [2.45, 2.75) is 33.2 Å². The molecule has 0 N–H and O–H groups in total. The van der Waals surface area contributed by atoms with E-state index in [-0.39, 0.29) is 0 Å². The van der Waals surface area contributed by atoms with Crippen molar-refractivity contribution in [1.29, 1.82) is 0 Å². The van der Waals surface area contributed by atoms with E-state index in [1.165, 1.54) is 6.42 Å². The van der Waals surface area contributed by atoms with Gasteiger partial charge >= 0.3 is 0 Å². The van der Waals surface area contributed by atoms with Gasteiger partial charge in [0, 0.05) is 0 Å². The third-order valence-corrected chi connectivity index (χ3v) is 1.71. The van der Waals surface area contributed by atoms with Gasteiger partial charge in [0.05, 0.1) is 12.7 Å². The largest absolute Gasteiger partial charge is 0.248 e. The van der Waals surface area contributed by atoms with Crippen LogP contribution in [0.25, 0.3) is 6.20 Å². The molecular weight excluding hydrogens is 148 g/mol. The second kappa shape index (κ2) is 4.75. The second-order valence-corrected chi connectivity index (χ2v) is 2.89. The van der Waals surface area contributed by atoms with Crippen molar-refractivity contribution in [1.82, 2.24) is 4.57 Å². The third-order valence-electron chi connectivity index (χ3n) is 1.71. The Balaban J connectivity index is 2.57. The number of hydrogen-bond donors (Lipinski definition) is 0. The van der Waals surface area contributed by atoms with Crippen LogP contribution in [0.15, 0.2) is 24.8 Å². The van der Waals surface area contributed by atoms with E-state index in [0.29, 0.717) is 0 Å². The maximum atomic E-state index is 2.19. The van der Waals surface area contributed by atoms with Crippen LogP contribution in [-0.4, -0.2) is 4.57 Å². The highest BCUT2D eigenvalue weighted by Crippen LogP contribution is 1.88. The van der Waals surface area contributed by atoms with Crippen molar-refractivity contribution in [3.8, 4) is 0 Å². The van der Waals surface area contributed by atoms with E-state index in [1.54, 1.807) is 0 Å². The summed E-state index contributed by atoms with van der Waals surface area (Å²) in [6.07, 6.45) is 12.8. The molecule has 12 heavy (non-hydrogen) atoms. The van der Waals surface area contributed by atoms with Crippen LogP contribution in [0.1, 0.15) is 26.7 Å². The van der Waals surface area contributed by atoms with Crippen LogP contribution >= 0.6 is 0 Å². The predicted molar refractivity (Wildman–Crippen MR) is 50.5 cm³/mol. The highest BCUT2D eigenvalue weighted by atomic mass is 15.1. The van der Waals surface area contributed by atoms with Crippen molar-refractivity contribution in [3.05, 3.63) is 24.8 Å². The van der Waals surface area contributed by atoms with Gasteiger partial charge in [0.2, 0.25) is 6.33 Å². The van der Waals surface area contributed by atoms with Gasteiger partial charge in [0.25, 0.3) is 0 Å². The summed E-state index contributed by atoms with van der Waals surface area (Å²) < 4.78 is 4.28. The molecule has 1 heterocycles. The Labute approximate surface area is 74.1 Å². The van der Waals surface area contributed by atoms with E-state index in [0.717, 1.165) is 13.0 Å². The first-order chi connectivity index (χ1) is 5.86. The summed E-state index contributed by atoms with van der Waals surface area (Å²) >= 11 is 0. The summed E-state index contributed by atoms with van der Waals surface area (Å²) in [5.74, 6) is 0. The van der Waals surface area contributed by atoms with Crippen LogP contribution in [0.3, 0.4) is 0 Å². The highest BCUT2D eigenvalue weighted by molar-refractivity contribution is 5.19. The maximum absolute atomic E-state index is 2.19. The Morgan fingerprint density at radius 2 is 2.25 bits per heavy atom. The number of allylic oxidation sites excluding steroid dienone is 1. The fourth-order valence-electron chi connectivity index (χ4n) is 1.12. The Bertz CT molecular complexity index is 248. The molecule has 0 amide bonds. The summed E-state index contributed by atoms with van der Waals surface area (Å²) in [6.45, 7) is 5.43. The summed E-state index contributed by atoms with van der Waals surface area (Å²) in [6, 6.07) is 0. The summed E-state index contributed by atoms with van der Waals surface area (Å²) in [7, 11) is 0. The molecule has 0 bridgehead atoms. The molecule has 0 fully saturated rings. The van der Waals surface area contributed by atoms with Crippen LogP contribution in [0, 0.1) is 0 Å². The minimum atomic E-state index is 1.09. The topological polar surface area (TPSA) is 8.81 Å². The molecule has 0 saturated carbocycles. The van der Waals surface area contributed by atoms with E-state index < -0.39 is 0 Å². The van der Waals surface area contributed by atoms with Crippen molar-refractivity contribution in [3.63, 3.8) is 0 Å². The van der Waals surface area contributed by atoms with E-state index in [2.05, 4.69) is 54.0 Å². The van der Waals surface area contributed by atoms with Gasteiger partial charge in [-0.2, -0.15) is 0 Å². The van der Waals surface area contributed by atoms with Crippen LogP contribution in [-0.2, 0) is 6.54 Å². The van der Waals surface area contributed by atoms with Gasteiger partial charge in [-0.3, -0.25) is 0 Å². The van der Waals surface area contributed by atoms with E-state index >= 15 is 0 Å². The second-order valence-electron chi connectivity index (χ2n) is 2.89. The van der Waals surface area contributed by atoms with Crippen LogP contribution in [0.4, 0.5) is 0 Å². The molecule has 0 radical (unpaired) electrons. The molecular formula is C10H17N2+. The lowest BCUT2D eigenvalue weighted by atomic mass is 10.5. The Morgan fingerprint density at radius 3 is 2.92 bits per heavy atom. The first-order valence-corrected chi connectivity index (χ1v) is 4.60. The van der Waals surface area contributed by atoms with Gasteiger partial charge in [-0.15, -0.1) is 0 Å². The van der Waals surface area contributed by atoms with Crippen molar-refractivity contribution >= 4 is 6.20 Å². The van der Waals surface area contributed by atoms with Gasteiger partial charge in [-0.25, -0.2) is 9.13 Å². The average molecular weight is 165 g/mol. The Kier molecular flexibility index (Phi) is 3.58. The molecule has 66 valence electrons. The van der Waals surface area contributed by atoms with Gasteiger partial charge in [-0.1, -0.05) is 13.8 Å². The molecule has 2 heteroatoms. The molecule has 0 aromatic carbocycles. The molecule has 1 rings (SSSR count). The predicted octanol–water partition coefficient (Wildman–Crippen LogP) is 2.07. The standard InChI is InChI=1S/C10H17N2/c1-3-5-7-12-9-8-11(10-12)6-4-2/h5,7-10H,3-4,6H2,1-2H3/q+1. The SMILES string of the molecule is CCC=Cn1cc[n+](CCC)c1. The molecule has 0 atom stereocenters. The number of rotatable bonds is 4. The van der Waals surface area contributed by atoms with Crippen LogP contribution in [0.5, 0.6) is 0 Å². The summed E-state index contributed by atoms with van der Waals surface area (Å²) in [5, 5.41) is 0. The van der Waals surface area contributed by atoms with Gasteiger partial charge < -0.3 is 0 Å². The van der Waals surface area contributed by atoms with E-state index in [1.807, 2.05) is 0 Å². The average Bonchev–Trinajstić information content (AvgIpc) is 2.50. The molecule has 0 saturated heterocycles. The zero-order valence-corrected chi connectivity index (χ0v) is 7.90. The minimum absolute atomic E-state index is 1.09. The molecule has 0 spiro atoms. The zero-order valence-electron chi connectivity index (χ0n) is 7.90. The summed E-state index contributed by atoms with van der Waals surface area (Å²) in [5.41, 5.74) is 0. The normalized spacial score (nSPS) is 11.2. The van der Waals surface area contributed by atoms with Crippen molar-refractivity contribution in [2.24, 2.45) is 0 Å². The monoisotopic (exact) mass is 165 g/mol. The number of nitrogens with zero attached hydrogens (tertiary/aromatic N) is 2. The number of hydrogen-bond acceptors (Lipinski definition) is 0. The minimum Gasteiger partial charge on any atom is -0.236 e. The Morgan fingerprint density at radius 1 is 1.42 bits per heavy atom. The molecule has 0 unspecified atom stereocenters. The quantitative estimate of drug-likeness (QED) is 0.604.